The highest BCUT2D eigenvalue weighted by Crippen LogP contribution is 2.09. The maximum atomic E-state index is 12.1. The van der Waals surface area contributed by atoms with E-state index < -0.39 is 0 Å². The molecule has 0 saturated heterocycles. The van der Waals surface area contributed by atoms with E-state index in [4.69, 9.17) is 9.84 Å². The van der Waals surface area contributed by atoms with Gasteiger partial charge in [-0.2, -0.15) is 0 Å². The summed E-state index contributed by atoms with van der Waals surface area (Å²) in [5.74, 6) is 0. The molecule has 0 aliphatic rings. The second kappa shape index (κ2) is 6.84. The molecule has 2 aromatic rings. The minimum absolute atomic E-state index is 0.0845. The third kappa shape index (κ3) is 3.69. The molecular weight excluding hydrogens is 272 g/mol. The highest BCUT2D eigenvalue weighted by atomic mass is 16.5. The minimum atomic E-state index is -0.313. The van der Waals surface area contributed by atoms with Crippen LogP contribution in [0.5, 0.6) is 0 Å². The summed E-state index contributed by atoms with van der Waals surface area (Å²) < 4.78 is 8.13. The van der Waals surface area contributed by atoms with Crippen molar-refractivity contribution in [2.75, 3.05) is 26.9 Å². The van der Waals surface area contributed by atoms with Crippen LogP contribution in [0.1, 0.15) is 13.3 Å². The zero-order chi connectivity index (χ0) is 15.3. The molecular formula is C14H22N4O3. The number of rotatable bonds is 8. The van der Waals surface area contributed by atoms with Gasteiger partial charge in [-0.25, -0.2) is 9.48 Å². The molecule has 0 saturated carbocycles. The number of methoxy groups -OCH3 is 1. The summed E-state index contributed by atoms with van der Waals surface area (Å²) >= 11 is 0. The van der Waals surface area contributed by atoms with Gasteiger partial charge >= 0.3 is 5.69 Å². The summed E-state index contributed by atoms with van der Waals surface area (Å²) in [7, 11) is 1.63. The predicted octanol–water partition coefficient (Wildman–Crippen LogP) is -0.127. The molecule has 2 N–H and O–H groups in total. The number of nitrogens with zero attached hydrogens (tertiary/aromatic N) is 3. The Morgan fingerprint density at radius 1 is 1.48 bits per heavy atom. The molecule has 7 nitrogen and oxygen atoms in total. The number of hydrogen-bond acceptors (Lipinski definition) is 5. The lowest BCUT2D eigenvalue weighted by molar-refractivity contribution is 0.0973. The Morgan fingerprint density at radius 3 is 2.95 bits per heavy atom. The largest absolute Gasteiger partial charge is 0.396 e. The van der Waals surface area contributed by atoms with Crippen LogP contribution in [0.4, 0.5) is 0 Å². The monoisotopic (exact) mass is 294 g/mol. The molecule has 0 amide bonds. The second-order valence-corrected chi connectivity index (χ2v) is 5.33. The van der Waals surface area contributed by atoms with Crippen LogP contribution in [-0.4, -0.2) is 51.7 Å². The summed E-state index contributed by atoms with van der Waals surface area (Å²) in [6.07, 6.45) is 2.29. The number of aliphatic hydroxyl groups excluding tert-OH is 1. The van der Waals surface area contributed by atoms with E-state index in [0.29, 0.717) is 31.8 Å². The number of fused-ring (bicyclic) bond motifs is 1. The smallest absolute Gasteiger partial charge is 0.350 e. The van der Waals surface area contributed by atoms with Gasteiger partial charge in [-0.3, -0.25) is 4.40 Å². The number of pyridine rings is 1. The van der Waals surface area contributed by atoms with E-state index in [0.717, 1.165) is 0 Å². The van der Waals surface area contributed by atoms with Crippen molar-refractivity contribution < 1.29 is 9.84 Å². The van der Waals surface area contributed by atoms with E-state index in [2.05, 4.69) is 10.4 Å². The van der Waals surface area contributed by atoms with E-state index in [1.165, 1.54) is 9.08 Å². The maximum absolute atomic E-state index is 12.1. The third-order valence-corrected chi connectivity index (χ3v) is 3.49. The van der Waals surface area contributed by atoms with Crippen LogP contribution in [-0.2, 0) is 11.3 Å². The molecule has 0 spiro atoms. The molecule has 21 heavy (non-hydrogen) atoms. The number of aromatic nitrogens is 3. The van der Waals surface area contributed by atoms with Crippen LogP contribution in [0, 0.1) is 0 Å². The Morgan fingerprint density at radius 2 is 2.29 bits per heavy atom. The van der Waals surface area contributed by atoms with Gasteiger partial charge in [0.15, 0.2) is 5.65 Å². The Balaban J connectivity index is 2.01. The van der Waals surface area contributed by atoms with Crippen molar-refractivity contribution in [3.05, 3.63) is 34.9 Å². The third-order valence-electron chi connectivity index (χ3n) is 3.49. The molecule has 2 rings (SSSR count). The lowest BCUT2D eigenvalue weighted by atomic mass is 9.99. The van der Waals surface area contributed by atoms with E-state index >= 15 is 0 Å². The lowest BCUT2D eigenvalue weighted by Gasteiger charge is -2.29. The van der Waals surface area contributed by atoms with Gasteiger partial charge < -0.3 is 15.2 Å². The first-order valence-electron chi connectivity index (χ1n) is 6.99. The Hall–Kier alpha value is -1.70. The van der Waals surface area contributed by atoms with Crippen molar-refractivity contribution in [3.8, 4) is 0 Å². The molecule has 2 heterocycles. The molecule has 0 aliphatic heterocycles. The number of nitrogens with one attached hydrogen (secondary N) is 1. The molecule has 1 atom stereocenters. The van der Waals surface area contributed by atoms with Crippen molar-refractivity contribution in [2.45, 2.75) is 25.4 Å². The van der Waals surface area contributed by atoms with Crippen LogP contribution in [0.15, 0.2) is 29.2 Å². The summed E-state index contributed by atoms with van der Waals surface area (Å²) in [4.78, 5) is 12.1. The molecule has 0 aromatic carbocycles. The lowest BCUT2D eigenvalue weighted by Crippen LogP contribution is -2.48. The Bertz CT molecular complexity index is 628. The van der Waals surface area contributed by atoms with Gasteiger partial charge in [-0.15, -0.1) is 5.10 Å². The molecule has 0 aliphatic carbocycles. The first kappa shape index (κ1) is 15.7. The summed E-state index contributed by atoms with van der Waals surface area (Å²) in [5.41, 5.74) is 0.173. The second-order valence-electron chi connectivity index (χ2n) is 5.33. The fourth-order valence-electron chi connectivity index (χ4n) is 2.35. The summed E-state index contributed by atoms with van der Waals surface area (Å²) in [6.45, 7) is 3.60. The fourth-order valence-corrected chi connectivity index (χ4v) is 2.35. The van der Waals surface area contributed by atoms with Crippen molar-refractivity contribution in [1.29, 1.82) is 0 Å². The first-order chi connectivity index (χ1) is 10.1. The molecule has 116 valence electrons. The van der Waals surface area contributed by atoms with Crippen LogP contribution in [0.2, 0.25) is 0 Å². The van der Waals surface area contributed by atoms with Crippen molar-refractivity contribution in [2.24, 2.45) is 0 Å². The molecule has 7 heteroatoms. The van der Waals surface area contributed by atoms with E-state index in [1.807, 2.05) is 13.0 Å². The van der Waals surface area contributed by atoms with Crippen molar-refractivity contribution >= 4 is 5.65 Å². The normalized spacial score (nSPS) is 14.4. The highest BCUT2D eigenvalue weighted by molar-refractivity contribution is 5.35. The molecule has 0 bridgehead atoms. The fraction of sp³-hybridized carbons (Fsp3) is 0.571. The molecule has 0 radical (unpaired) electrons. The van der Waals surface area contributed by atoms with E-state index in [-0.39, 0.29) is 17.8 Å². The minimum Gasteiger partial charge on any atom is -0.396 e. The first-order valence-corrected chi connectivity index (χ1v) is 6.99. The van der Waals surface area contributed by atoms with Crippen LogP contribution in [0.25, 0.3) is 5.65 Å². The van der Waals surface area contributed by atoms with Crippen LogP contribution in [0.3, 0.4) is 0 Å². The zero-order valence-electron chi connectivity index (χ0n) is 12.5. The van der Waals surface area contributed by atoms with Crippen LogP contribution >= 0.6 is 0 Å². The average Bonchev–Trinajstić information content (AvgIpc) is 2.77. The van der Waals surface area contributed by atoms with Gasteiger partial charge in [0.2, 0.25) is 0 Å². The van der Waals surface area contributed by atoms with Gasteiger partial charge in [0, 0.05) is 32.0 Å². The Labute approximate surface area is 123 Å². The van der Waals surface area contributed by atoms with Gasteiger partial charge in [0.1, 0.15) is 0 Å². The average molecular weight is 294 g/mol. The summed E-state index contributed by atoms with van der Waals surface area (Å²) in [6, 6.07) is 5.45. The van der Waals surface area contributed by atoms with Gasteiger partial charge in [-0.05, 0) is 25.5 Å². The number of ether oxygens (including phenoxy) is 1. The predicted molar refractivity (Wildman–Crippen MR) is 79.4 cm³/mol. The van der Waals surface area contributed by atoms with E-state index in [1.54, 1.807) is 25.4 Å². The van der Waals surface area contributed by atoms with Crippen LogP contribution < -0.4 is 11.0 Å². The Kier molecular flexibility index (Phi) is 5.11. The van der Waals surface area contributed by atoms with Gasteiger partial charge in [-0.1, -0.05) is 6.07 Å². The number of hydrogen-bond donors (Lipinski definition) is 2. The summed E-state index contributed by atoms with van der Waals surface area (Å²) in [5, 5.41) is 16.7. The SMILES string of the molecule is COCC(C)(CCO)NCCn1nc2ccccn2c1=O. The quantitative estimate of drug-likeness (QED) is 0.709. The van der Waals surface area contributed by atoms with Crippen molar-refractivity contribution in [1.82, 2.24) is 19.5 Å². The highest BCUT2D eigenvalue weighted by Gasteiger charge is 2.22. The van der Waals surface area contributed by atoms with Gasteiger partial charge in [0.25, 0.3) is 0 Å². The standard InChI is InChI=1S/C14H22N4O3/c1-14(6-10-19,11-21-2)15-7-9-18-13(20)17-8-4-3-5-12(17)16-18/h3-5,8,15,19H,6-7,9-11H2,1-2H3. The molecule has 0 fully saturated rings. The number of aliphatic hydroxyl groups is 1. The molecule has 1 unspecified atom stereocenters. The van der Waals surface area contributed by atoms with Gasteiger partial charge in [0.05, 0.1) is 13.2 Å². The zero-order valence-corrected chi connectivity index (χ0v) is 12.5. The topological polar surface area (TPSA) is 80.8 Å². The van der Waals surface area contributed by atoms with E-state index in [9.17, 15) is 4.79 Å². The van der Waals surface area contributed by atoms with Crippen molar-refractivity contribution in [3.63, 3.8) is 0 Å². The molecule has 2 aromatic heterocycles. The maximum Gasteiger partial charge on any atom is 0.350 e.